The van der Waals surface area contributed by atoms with Crippen molar-refractivity contribution in [1.82, 2.24) is 15.2 Å². The van der Waals surface area contributed by atoms with Crippen LogP contribution in [0.4, 0.5) is 0 Å². The minimum atomic E-state index is 0.118. The summed E-state index contributed by atoms with van der Waals surface area (Å²) in [4.78, 5) is 19.4. The van der Waals surface area contributed by atoms with Crippen molar-refractivity contribution in [3.63, 3.8) is 0 Å². The molecule has 4 nitrogen and oxygen atoms in total. The van der Waals surface area contributed by atoms with Gasteiger partial charge in [-0.2, -0.15) is 0 Å². The lowest BCUT2D eigenvalue weighted by Crippen LogP contribution is -2.42. The van der Waals surface area contributed by atoms with Gasteiger partial charge in [-0.1, -0.05) is 34.1 Å². The highest BCUT2D eigenvalue weighted by Crippen LogP contribution is 2.26. The third kappa shape index (κ3) is 5.57. The summed E-state index contributed by atoms with van der Waals surface area (Å²) in [5, 5.41) is 6.45. The zero-order valence-electron chi connectivity index (χ0n) is 15.0. The molecule has 2 rings (SSSR count). The number of unbranched alkanes of at least 4 members (excludes halogenated alkanes) is 1. The number of carbonyl (C=O) groups is 1. The molecule has 1 aromatic rings. The zero-order valence-corrected chi connectivity index (χ0v) is 15.8. The molecule has 1 aromatic heterocycles. The average molecular weight is 338 g/mol. The first-order chi connectivity index (χ1) is 10.9. The number of nitrogens with zero attached hydrogens (tertiary/aromatic N) is 2. The molecule has 0 aromatic carbocycles. The highest BCUT2D eigenvalue weighted by Gasteiger charge is 2.26. The zero-order chi connectivity index (χ0) is 16.9. The van der Waals surface area contributed by atoms with Gasteiger partial charge in [0.2, 0.25) is 5.91 Å². The molecular formula is C18H31N3OS. The summed E-state index contributed by atoms with van der Waals surface area (Å²) in [6.45, 7) is 12.4. The normalized spacial score (nSPS) is 19.7. The van der Waals surface area contributed by atoms with Crippen LogP contribution in [0.15, 0.2) is 5.38 Å². The van der Waals surface area contributed by atoms with Crippen LogP contribution < -0.4 is 5.32 Å². The summed E-state index contributed by atoms with van der Waals surface area (Å²) >= 11 is 1.75. The summed E-state index contributed by atoms with van der Waals surface area (Å²) in [6, 6.07) is 0. The lowest BCUT2D eigenvalue weighted by Gasteiger charge is -2.31. The number of nitrogens with one attached hydrogen (secondary N) is 1. The number of aromatic nitrogens is 1. The van der Waals surface area contributed by atoms with E-state index in [9.17, 15) is 4.79 Å². The van der Waals surface area contributed by atoms with E-state index in [-0.39, 0.29) is 17.2 Å². The predicted octanol–water partition coefficient (Wildman–Crippen LogP) is 3.57. The quantitative estimate of drug-likeness (QED) is 0.807. The Morgan fingerprint density at radius 2 is 2.26 bits per heavy atom. The van der Waals surface area contributed by atoms with Gasteiger partial charge in [-0.3, -0.25) is 9.69 Å². The molecule has 2 heterocycles. The third-order valence-corrected chi connectivity index (χ3v) is 5.60. The van der Waals surface area contributed by atoms with Gasteiger partial charge in [-0.05, 0) is 25.8 Å². The van der Waals surface area contributed by atoms with Crippen LogP contribution in [0.3, 0.4) is 0 Å². The number of amides is 1. The molecule has 0 bridgehead atoms. The van der Waals surface area contributed by atoms with E-state index in [4.69, 9.17) is 4.98 Å². The topological polar surface area (TPSA) is 45.2 Å². The van der Waals surface area contributed by atoms with Gasteiger partial charge in [-0.25, -0.2) is 4.98 Å². The van der Waals surface area contributed by atoms with Crippen molar-refractivity contribution in [2.24, 2.45) is 5.92 Å². The van der Waals surface area contributed by atoms with E-state index in [1.165, 1.54) is 5.01 Å². The Labute approximate surface area is 144 Å². The Kier molecular flexibility index (Phi) is 6.60. The van der Waals surface area contributed by atoms with Crippen molar-refractivity contribution >= 4 is 17.2 Å². The first-order valence-electron chi connectivity index (χ1n) is 8.85. The van der Waals surface area contributed by atoms with Gasteiger partial charge in [0.1, 0.15) is 0 Å². The first kappa shape index (κ1) is 18.4. The van der Waals surface area contributed by atoms with E-state index in [0.29, 0.717) is 0 Å². The number of thiazole rings is 1. The number of carbonyl (C=O) groups excluding carboxylic acids is 1. The molecule has 0 saturated carbocycles. The fraction of sp³-hybridized carbons (Fsp3) is 0.778. The van der Waals surface area contributed by atoms with Crippen molar-refractivity contribution in [3.8, 4) is 0 Å². The van der Waals surface area contributed by atoms with Gasteiger partial charge in [0.05, 0.1) is 16.6 Å². The van der Waals surface area contributed by atoms with E-state index >= 15 is 0 Å². The molecule has 130 valence electrons. The summed E-state index contributed by atoms with van der Waals surface area (Å²) in [7, 11) is 0. The van der Waals surface area contributed by atoms with E-state index in [0.717, 1.165) is 57.6 Å². The van der Waals surface area contributed by atoms with Gasteiger partial charge in [-0.15, -0.1) is 11.3 Å². The van der Waals surface area contributed by atoms with Crippen molar-refractivity contribution < 1.29 is 4.79 Å². The van der Waals surface area contributed by atoms with Gasteiger partial charge >= 0.3 is 0 Å². The highest BCUT2D eigenvalue weighted by molar-refractivity contribution is 7.09. The maximum absolute atomic E-state index is 12.3. The molecule has 5 heteroatoms. The van der Waals surface area contributed by atoms with Gasteiger partial charge in [0, 0.05) is 30.4 Å². The van der Waals surface area contributed by atoms with Crippen LogP contribution in [0.1, 0.15) is 64.1 Å². The number of hydrogen-bond acceptors (Lipinski definition) is 4. The second-order valence-electron chi connectivity index (χ2n) is 7.61. The van der Waals surface area contributed by atoms with Gasteiger partial charge in [0.25, 0.3) is 0 Å². The van der Waals surface area contributed by atoms with Crippen LogP contribution in [0, 0.1) is 5.92 Å². The molecule has 1 aliphatic heterocycles. The van der Waals surface area contributed by atoms with Crippen LogP contribution in [-0.2, 0) is 16.8 Å². The van der Waals surface area contributed by atoms with E-state index in [2.05, 4.69) is 43.3 Å². The Morgan fingerprint density at radius 3 is 2.91 bits per heavy atom. The Balaban J connectivity index is 1.86. The highest BCUT2D eigenvalue weighted by atomic mass is 32.1. The van der Waals surface area contributed by atoms with Crippen LogP contribution in [0.2, 0.25) is 0 Å². The SMILES string of the molecule is CCCCNC(=O)C1CCCN(Cc2csc(C(C)(C)C)n2)C1. The van der Waals surface area contributed by atoms with E-state index in [1.54, 1.807) is 11.3 Å². The molecule has 1 saturated heterocycles. The third-order valence-electron chi connectivity index (χ3n) is 4.28. The van der Waals surface area contributed by atoms with Crippen LogP contribution >= 0.6 is 11.3 Å². The lowest BCUT2D eigenvalue weighted by molar-refractivity contribution is -0.126. The van der Waals surface area contributed by atoms with Crippen LogP contribution in [-0.4, -0.2) is 35.4 Å². The fourth-order valence-electron chi connectivity index (χ4n) is 2.90. The van der Waals surface area contributed by atoms with Crippen molar-refractivity contribution in [2.75, 3.05) is 19.6 Å². The fourth-order valence-corrected chi connectivity index (χ4v) is 3.80. The summed E-state index contributed by atoms with van der Waals surface area (Å²) in [5.41, 5.74) is 1.26. The second-order valence-corrected chi connectivity index (χ2v) is 8.47. The number of rotatable bonds is 6. The smallest absolute Gasteiger partial charge is 0.224 e. The van der Waals surface area contributed by atoms with Gasteiger partial charge in [0.15, 0.2) is 0 Å². The molecule has 23 heavy (non-hydrogen) atoms. The monoisotopic (exact) mass is 337 g/mol. The van der Waals surface area contributed by atoms with Crippen molar-refractivity contribution in [2.45, 2.75) is 65.3 Å². The predicted molar refractivity (Wildman–Crippen MR) is 96.7 cm³/mol. The number of hydrogen-bond donors (Lipinski definition) is 1. The summed E-state index contributed by atoms with van der Waals surface area (Å²) < 4.78 is 0. The largest absolute Gasteiger partial charge is 0.356 e. The summed E-state index contributed by atoms with van der Waals surface area (Å²) in [5.74, 6) is 0.373. The standard InChI is InChI=1S/C18H31N3OS/c1-5-6-9-19-16(22)14-8-7-10-21(11-14)12-15-13-23-17(20-15)18(2,3)4/h13-14H,5-12H2,1-4H3,(H,19,22). The molecule has 0 aliphatic carbocycles. The maximum atomic E-state index is 12.3. The molecule has 1 atom stereocenters. The minimum absolute atomic E-state index is 0.118. The van der Waals surface area contributed by atoms with Crippen LogP contribution in [0.25, 0.3) is 0 Å². The molecular weight excluding hydrogens is 306 g/mol. The molecule has 1 aliphatic rings. The number of likely N-dealkylation sites (tertiary alicyclic amines) is 1. The second kappa shape index (κ2) is 8.25. The molecule has 1 fully saturated rings. The summed E-state index contributed by atoms with van der Waals surface area (Å²) in [6.07, 6.45) is 4.30. The van der Waals surface area contributed by atoms with Crippen LogP contribution in [0.5, 0.6) is 0 Å². The molecule has 1 unspecified atom stereocenters. The molecule has 1 N–H and O–H groups in total. The first-order valence-corrected chi connectivity index (χ1v) is 9.73. The Morgan fingerprint density at radius 1 is 1.48 bits per heavy atom. The number of piperidine rings is 1. The molecule has 0 radical (unpaired) electrons. The average Bonchev–Trinajstić information content (AvgIpc) is 2.96. The van der Waals surface area contributed by atoms with Crippen molar-refractivity contribution in [1.29, 1.82) is 0 Å². The maximum Gasteiger partial charge on any atom is 0.224 e. The molecule has 1 amide bonds. The lowest BCUT2D eigenvalue weighted by atomic mass is 9.97. The van der Waals surface area contributed by atoms with E-state index in [1.807, 2.05) is 0 Å². The van der Waals surface area contributed by atoms with Crippen molar-refractivity contribution in [3.05, 3.63) is 16.1 Å². The van der Waals surface area contributed by atoms with E-state index < -0.39 is 0 Å². The molecule has 0 spiro atoms. The van der Waals surface area contributed by atoms with Gasteiger partial charge < -0.3 is 5.32 Å². The minimum Gasteiger partial charge on any atom is -0.356 e. The Hall–Kier alpha value is -0.940. The Bertz CT molecular complexity index is 507.